The molecule has 1 aliphatic heterocycles. The van der Waals surface area contributed by atoms with Crippen molar-refractivity contribution >= 4 is 11.6 Å². The van der Waals surface area contributed by atoms with E-state index in [4.69, 9.17) is 11.6 Å². The van der Waals surface area contributed by atoms with Crippen LogP contribution in [0.5, 0.6) is 0 Å². The normalized spacial score (nSPS) is 38.1. The molecule has 0 saturated heterocycles. The second kappa shape index (κ2) is 4.91. The summed E-state index contributed by atoms with van der Waals surface area (Å²) in [6.07, 6.45) is 19.9. The molecular formula is C16H19ClN+. The summed E-state index contributed by atoms with van der Waals surface area (Å²) in [6, 6.07) is 1.02. The fourth-order valence-electron chi connectivity index (χ4n) is 3.25. The molecule has 0 saturated carbocycles. The van der Waals surface area contributed by atoms with Gasteiger partial charge in [0.2, 0.25) is 0 Å². The molecule has 2 heteroatoms. The van der Waals surface area contributed by atoms with Crippen LogP contribution in [-0.4, -0.2) is 19.1 Å². The van der Waals surface area contributed by atoms with Crippen molar-refractivity contribution in [3.05, 3.63) is 59.2 Å². The maximum absolute atomic E-state index is 6.47. The van der Waals surface area contributed by atoms with E-state index in [-0.39, 0.29) is 0 Å². The van der Waals surface area contributed by atoms with Gasteiger partial charge < -0.3 is 4.90 Å². The van der Waals surface area contributed by atoms with Crippen LogP contribution in [0, 0.1) is 5.92 Å². The molecule has 18 heavy (non-hydrogen) atoms. The van der Waals surface area contributed by atoms with Crippen molar-refractivity contribution in [2.75, 3.05) is 7.05 Å². The lowest BCUT2D eigenvalue weighted by atomic mass is 9.84. The van der Waals surface area contributed by atoms with Crippen LogP contribution in [0.25, 0.3) is 0 Å². The van der Waals surface area contributed by atoms with Gasteiger partial charge in [0.05, 0.1) is 12.1 Å². The van der Waals surface area contributed by atoms with Crippen LogP contribution >= 0.6 is 11.6 Å². The van der Waals surface area contributed by atoms with Gasteiger partial charge >= 0.3 is 0 Å². The quantitative estimate of drug-likeness (QED) is 0.739. The fourth-order valence-corrected chi connectivity index (χ4v) is 3.58. The topological polar surface area (TPSA) is 4.44 Å². The molecule has 0 aromatic rings. The Balaban J connectivity index is 1.91. The van der Waals surface area contributed by atoms with Crippen LogP contribution < -0.4 is 4.90 Å². The summed E-state index contributed by atoms with van der Waals surface area (Å²) in [6.45, 7) is 0. The highest BCUT2D eigenvalue weighted by atomic mass is 35.5. The van der Waals surface area contributed by atoms with Crippen molar-refractivity contribution in [3.63, 3.8) is 0 Å². The molecule has 1 heterocycles. The molecule has 0 spiro atoms. The van der Waals surface area contributed by atoms with Gasteiger partial charge in [-0.15, -0.1) is 0 Å². The first kappa shape index (κ1) is 12.0. The zero-order chi connectivity index (χ0) is 12.5. The second-order valence-electron chi connectivity index (χ2n) is 5.34. The SMILES string of the molecule is C[NH+]1C2CC=CC=C2C(Cl)=CC1C1C=CC=CC1. The van der Waals surface area contributed by atoms with Crippen molar-refractivity contribution in [1.29, 1.82) is 0 Å². The molecule has 3 rings (SSSR count). The lowest BCUT2D eigenvalue weighted by Gasteiger charge is -2.39. The first-order valence-electron chi connectivity index (χ1n) is 6.68. The van der Waals surface area contributed by atoms with Crippen LogP contribution in [0.4, 0.5) is 0 Å². The average Bonchev–Trinajstić information content (AvgIpc) is 2.44. The molecule has 4 atom stereocenters. The molecule has 1 nitrogen and oxygen atoms in total. The van der Waals surface area contributed by atoms with Crippen molar-refractivity contribution in [3.8, 4) is 0 Å². The number of likely N-dealkylation sites (N-methyl/N-ethyl adjacent to an activating group) is 1. The highest BCUT2D eigenvalue weighted by molar-refractivity contribution is 6.32. The molecule has 0 aromatic heterocycles. The molecule has 2 aliphatic carbocycles. The van der Waals surface area contributed by atoms with E-state index in [0.29, 0.717) is 18.0 Å². The number of fused-ring (bicyclic) bond motifs is 1. The van der Waals surface area contributed by atoms with Gasteiger partial charge in [0.25, 0.3) is 0 Å². The minimum absolute atomic E-state index is 0.493. The largest absolute Gasteiger partial charge is 0.325 e. The van der Waals surface area contributed by atoms with Crippen LogP contribution in [0.1, 0.15) is 12.8 Å². The highest BCUT2D eigenvalue weighted by Crippen LogP contribution is 2.28. The molecule has 94 valence electrons. The van der Waals surface area contributed by atoms with E-state index in [9.17, 15) is 0 Å². The Hall–Kier alpha value is -1.05. The first-order valence-corrected chi connectivity index (χ1v) is 7.06. The first-order chi connectivity index (χ1) is 8.77. The number of rotatable bonds is 1. The Morgan fingerprint density at radius 1 is 1.17 bits per heavy atom. The Morgan fingerprint density at radius 3 is 2.78 bits per heavy atom. The van der Waals surface area contributed by atoms with Gasteiger partial charge in [-0.2, -0.15) is 0 Å². The zero-order valence-electron chi connectivity index (χ0n) is 10.6. The van der Waals surface area contributed by atoms with Crippen molar-refractivity contribution < 1.29 is 4.90 Å². The maximum atomic E-state index is 6.47. The van der Waals surface area contributed by atoms with Crippen molar-refractivity contribution in [2.45, 2.75) is 24.9 Å². The molecule has 4 unspecified atom stereocenters. The van der Waals surface area contributed by atoms with Gasteiger partial charge in [0.15, 0.2) is 0 Å². The minimum atomic E-state index is 0.493. The van der Waals surface area contributed by atoms with Crippen LogP contribution in [-0.2, 0) is 0 Å². The fraction of sp³-hybridized carbons (Fsp3) is 0.375. The average molecular weight is 261 g/mol. The van der Waals surface area contributed by atoms with E-state index in [1.54, 1.807) is 4.90 Å². The van der Waals surface area contributed by atoms with E-state index in [1.807, 2.05) is 0 Å². The Bertz CT molecular complexity index is 481. The lowest BCUT2D eigenvalue weighted by Crippen LogP contribution is -3.18. The van der Waals surface area contributed by atoms with Gasteiger partial charge in [0, 0.05) is 17.9 Å². The molecule has 0 bridgehead atoms. The Morgan fingerprint density at radius 2 is 2.00 bits per heavy atom. The second-order valence-corrected chi connectivity index (χ2v) is 5.74. The Kier molecular flexibility index (Phi) is 3.27. The number of nitrogens with one attached hydrogen (secondary N) is 1. The van der Waals surface area contributed by atoms with E-state index >= 15 is 0 Å². The number of quaternary nitrogens is 1. The summed E-state index contributed by atoms with van der Waals surface area (Å²) in [4.78, 5) is 1.57. The van der Waals surface area contributed by atoms with Gasteiger partial charge in [-0.05, 0) is 12.5 Å². The molecule has 0 fully saturated rings. The van der Waals surface area contributed by atoms with E-state index < -0.39 is 0 Å². The summed E-state index contributed by atoms with van der Waals surface area (Å²) in [5, 5.41) is 0.961. The molecule has 0 radical (unpaired) electrons. The van der Waals surface area contributed by atoms with Gasteiger partial charge in [-0.25, -0.2) is 0 Å². The smallest absolute Gasteiger partial charge is 0.118 e. The number of allylic oxidation sites excluding steroid dienone is 5. The monoisotopic (exact) mass is 260 g/mol. The van der Waals surface area contributed by atoms with Gasteiger partial charge in [-0.3, -0.25) is 0 Å². The van der Waals surface area contributed by atoms with E-state index in [2.05, 4.69) is 55.7 Å². The summed E-state index contributed by atoms with van der Waals surface area (Å²) < 4.78 is 0. The predicted octanol–water partition coefficient (Wildman–Crippen LogP) is 2.39. The van der Waals surface area contributed by atoms with Gasteiger partial charge in [0.1, 0.15) is 12.1 Å². The third-order valence-corrected chi connectivity index (χ3v) is 4.66. The third kappa shape index (κ3) is 2.02. The molecule has 1 N–H and O–H groups in total. The predicted molar refractivity (Wildman–Crippen MR) is 76.6 cm³/mol. The summed E-state index contributed by atoms with van der Waals surface area (Å²) in [5.41, 5.74) is 1.31. The molecule has 0 aromatic carbocycles. The third-order valence-electron chi connectivity index (χ3n) is 4.31. The van der Waals surface area contributed by atoms with Gasteiger partial charge in [-0.1, -0.05) is 54.1 Å². The number of hydrogen-bond acceptors (Lipinski definition) is 0. The highest BCUT2D eigenvalue weighted by Gasteiger charge is 2.37. The van der Waals surface area contributed by atoms with Crippen LogP contribution in [0.15, 0.2) is 59.2 Å². The molecular weight excluding hydrogens is 242 g/mol. The van der Waals surface area contributed by atoms with Crippen LogP contribution in [0.3, 0.4) is 0 Å². The number of hydrogen-bond donors (Lipinski definition) is 1. The minimum Gasteiger partial charge on any atom is -0.325 e. The van der Waals surface area contributed by atoms with Crippen molar-refractivity contribution in [2.24, 2.45) is 5.92 Å². The molecule has 0 amide bonds. The Labute approximate surface area is 114 Å². The van der Waals surface area contributed by atoms with E-state index in [0.717, 1.165) is 17.9 Å². The summed E-state index contributed by atoms with van der Waals surface area (Å²) >= 11 is 6.47. The lowest BCUT2D eigenvalue weighted by molar-refractivity contribution is -0.923. The van der Waals surface area contributed by atoms with Crippen molar-refractivity contribution in [1.82, 2.24) is 0 Å². The maximum Gasteiger partial charge on any atom is 0.118 e. The number of halogens is 1. The molecule has 3 aliphatic rings. The standard InChI is InChI=1S/C16H18ClN/c1-18-15-10-6-5-9-13(15)14(17)11-16(18)12-7-3-2-4-8-12/h2-7,9,11-12,15-16H,8,10H2,1H3/p+1. The van der Waals surface area contributed by atoms with E-state index in [1.165, 1.54) is 5.57 Å². The van der Waals surface area contributed by atoms with Crippen LogP contribution in [0.2, 0.25) is 0 Å². The summed E-state index contributed by atoms with van der Waals surface area (Å²) in [5.74, 6) is 0.580. The summed E-state index contributed by atoms with van der Waals surface area (Å²) in [7, 11) is 2.30. The zero-order valence-corrected chi connectivity index (χ0v) is 11.4.